The molecule has 66 valence electrons. The zero-order valence-corrected chi connectivity index (χ0v) is 7.89. The van der Waals surface area contributed by atoms with Crippen molar-refractivity contribution in [1.82, 2.24) is 4.98 Å². The lowest BCUT2D eigenvalue weighted by Gasteiger charge is -1.89. The first kappa shape index (κ1) is 8.19. The monoisotopic (exact) mass is 192 g/mol. The van der Waals surface area contributed by atoms with Gasteiger partial charge in [0.05, 0.1) is 10.2 Å². The minimum atomic E-state index is -0.000212. The predicted molar refractivity (Wildman–Crippen MR) is 54.0 cm³/mol. The van der Waals surface area contributed by atoms with Crippen molar-refractivity contribution in [3.8, 4) is 0 Å². The van der Waals surface area contributed by atoms with E-state index in [9.17, 15) is 4.79 Å². The summed E-state index contributed by atoms with van der Waals surface area (Å²) in [5.41, 5.74) is 7.14. The average Bonchev–Trinajstić information content (AvgIpc) is 2.46. The first-order valence-electron chi connectivity index (χ1n) is 3.84. The molecule has 0 radical (unpaired) electrons. The van der Waals surface area contributed by atoms with Gasteiger partial charge >= 0.3 is 0 Å². The highest BCUT2D eigenvalue weighted by Crippen LogP contribution is 2.24. The van der Waals surface area contributed by atoms with Crippen LogP contribution in [0.5, 0.6) is 0 Å². The number of aromatic nitrogens is 1. The standard InChI is InChI=1S/C9H8N2OS/c1-5(12)9-11-7-3-2-6(10)4-8(7)13-9/h2-4H,10H2,1H3. The Morgan fingerprint density at radius 1 is 1.54 bits per heavy atom. The number of thiazole rings is 1. The summed E-state index contributed by atoms with van der Waals surface area (Å²) in [5.74, 6) is -0.000212. The normalized spacial score (nSPS) is 10.5. The number of hydrogen-bond acceptors (Lipinski definition) is 4. The van der Waals surface area contributed by atoms with Crippen LogP contribution in [-0.4, -0.2) is 10.8 Å². The van der Waals surface area contributed by atoms with Gasteiger partial charge in [-0.25, -0.2) is 4.98 Å². The lowest BCUT2D eigenvalue weighted by atomic mass is 10.3. The van der Waals surface area contributed by atoms with Gasteiger partial charge in [-0.3, -0.25) is 4.79 Å². The van der Waals surface area contributed by atoms with Crippen molar-refractivity contribution in [3.63, 3.8) is 0 Å². The fourth-order valence-corrected chi connectivity index (χ4v) is 2.00. The number of ketones is 1. The van der Waals surface area contributed by atoms with E-state index in [4.69, 9.17) is 5.73 Å². The van der Waals surface area contributed by atoms with Gasteiger partial charge in [0.1, 0.15) is 0 Å². The van der Waals surface area contributed by atoms with E-state index in [-0.39, 0.29) is 5.78 Å². The Labute approximate surface area is 79.2 Å². The van der Waals surface area contributed by atoms with Gasteiger partial charge in [-0.15, -0.1) is 11.3 Å². The lowest BCUT2D eigenvalue weighted by molar-refractivity contribution is 0.101. The van der Waals surface area contributed by atoms with Gasteiger partial charge in [0, 0.05) is 12.6 Å². The number of benzene rings is 1. The number of rotatable bonds is 1. The summed E-state index contributed by atoms with van der Waals surface area (Å²) < 4.78 is 0.963. The molecule has 1 aromatic carbocycles. The number of carbonyl (C=O) groups excluding carboxylic acids is 1. The molecule has 0 amide bonds. The van der Waals surface area contributed by atoms with Crippen molar-refractivity contribution in [2.45, 2.75) is 6.92 Å². The van der Waals surface area contributed by atoms with Crippen LogP contribution in [0.25, 0.3) is 10.2 Å². The molecule has 2 aromatic rings. The summed E-state index contributed by atoms with van der Waals surface area (Å²) in [6.07, 6.45) is 0. The summed E-state index contributed by atoms with van der Waals surface area (Å²) in [6, 6.07) is 5.44. The predicted octanol–water partition coefficient (Wildman–Crippen LogP) is 2.08. The van der Waals surface area contributed by atoms with Crippen LogP contribution in [0.1, 0.15) is 16.7 Å². The molecule has 13 heavy (non-hydrogen) atoms. The van der Waals surface area contributed by atoms with E-state index in [0.29, 0.717) is 10.7 Å². The summed E-state index contributed by atoms with van der Waals surface area (Å²) in [7, 11) is 0. The number of anilines is 1. The maximum Gasteiger partial charge on any atom is 0.188 e. The molecule has 0 saturated carbocycles. The molecule has 0 aliphatic rings. The Morgan fingerprint density at radius 3 is 3.00 bits per heavy atom. The number of hydrogen-bond donors (Lipinski definition) is 1. The second kappa shape index (κ2) is 2.81. The van der Waals surface area contributed by atoms with Crippen molar-refractivity contribution >= 4 is 33.0 Å². The number of nitrogens with zero attached hydrogens (tertiary/aromatic N) is 1. The molecule has 2 rings (SSSR count). The fourth-order valence-electron chi connectivity index (χ4n) is 1.09. The van der Waals surface area contributed by atoms with E-state index in [1.165, 1.54) is 18.3 Å². The van der Waals surface area contributed by atoms with Gasteiger partial charge in [0.15, 0.2) is 10.8 Å². The maximum atomic E-state index is 11.0. The lowest BCUT2D eigenvalue weighted by Crippen LogP contribution is -1.88. The van der Waals surface area contributed by atoms with Crippen LogP contribution in [0.4, 0.5) is 5.69 Å². The van der Waals surface area contributed by atoms with Crippen LogP contribution >= 0.6 is 11.3 Å². The van der Waals surface area contributed by atoms with E-state index < -0.39 is 0 Å². The van der Waals surface area contributed by atoms with Gasteiger partial charge in [0.2, 0.25) is 0 Å². The molecular formula is C9H8N2OS. The summed E-state index contributed by atoms with van der Waals surface area (Å²) >= 11 is 1.38. The molecule has 0 spiro atoms. The molecule has 0 fully saturated rings. The van der Waals surface area contributed by atoms with E-state index in [1.807, 2.05) is 12.1 Å². The van der Waals surface area contributed by atoms with Crippen molar-refractivity contribution in [1.29, 1.82) is 0 Å². The molecule has 0 aliphatic carbocycles. The Bertz CT molecular complexity index is 475. The largest absolute Gasteiger partial charge is 0.399 e. The van der Waals surface area contributed by atoms with Gasteiger partial charge in [-0.1, -0.05) is 0 Å². The third-order valence-corrected chi connectivity index (χ3v) is 2.83. The first-order chi connectivity index (χ1) is 6.16. The molecule has 1 aromatic heterocycles. The highest BCUT2D eigenvalue weighted by molar-refractivity contribution is 7.20. The van der Waals surface area contributed by atoms with Gasteiger partial charge in [0.25, 0.3) is 0 Å². The van der Waals surface area contributed by atoms with Crippen LogP contribution in [0.15, 0.2) is 18.2 Å². The van der Waals surface area contributed by atoms with Crippen molar-refractivity contribution < 1.29 is 4.79 Å². The second-order valence-electron chi connectivity index (χ2n) is 2.80. The third kappa shape index (κ3) is 1.40. The molecule has 0 saturated heterocycles. The van der Waals surface area contributed by atoms with E-state index in [0.717, 1.165) is 10.2 Å². The summed E-state index contributed by atoms with van der Waals surface area (Å²) in [4.78, 5) is 15.2. The van der Waals surface area contributed by atoms with Gasteiger partial charge < -0.3 is 5.73 Å². The third-order valence-electron chi connectivity index (χ3n) is 1.71. The molecular weight excluding hydrogens is 184 g/mol. The van der Waals surface area contributed by atoms with Crippen molar-refractivity contribution in [2.24, 2.45) is 0 Å². The van der Waals surface area contributed by atoms with Crippen LogP contribution in [-0.2, 0) is 0 Å². The second-order valence-corrected chi connectivity index (χ2v) is 3.83. The smallest absolute Gasteiger partial charge is 0.188 e. The highest BCUT2D eigenvalue weighted by atomic mass is 32.1. The molecule has 0 aliphatic heterocycles. The number of Topliss-reactive ketones (excluding diaryl/α,β-unsaturated/α-hetero) is 1. The fraction of sp³-hybridized carbons (Fsp3) is 0.111. The quantitative estimate of drug-likeness (QED) is 0.556. The molecule has 2 N–H and O–H groups in total. The van der Waals surface area contributed by atoms with Crippen molar-refractivity contribution in [3.05, 3.63) is 23.2 Å². The van der Waals surface area contributed by atoms with Crippen LogP contribution in [0, 0.1) is 0 Å². The number of fused-ring (bicyclic) bond motifs is 1. The topological polar surface area (TPSA) is 56.0 Å². The number of nitrogen functional groups attached to an aromatic ring is 1. The molecule has 0 bridgehead atoms. The van der Waals surface area contributed by atoms with Crippen LogP contribution in [0.2, 0.25) is 0 Å². The Balaban J connectivity index is 2.68. The molecule has 1 heterocycles. The Kier molecular flexibility index (Phi) is 1.77. The minimum Gasteiger partial charge on any atom is -0.399 e. The molecule has 3 nitrogen and oxygen atoms in total. The summed E-state index contributed by atoms with van der Waals surface area (Å²) in [5, 5.41) is 0.542. The SMILES string of the molecule is CC(=O)c1nc2ccc(N)cc2s1. The van der Waals surface area contributed by atoms with E-state index >= 15 is 0 Å². The minimum absolute atomic E-state index is 0.000212. The Hall–Kier alpha value is -1.42. The van der Waals surface area contributed by atoms with Gasteiger partial charge in [-0.2, -0.15) is 0 Å². The zero-order valence-electron chi connectivity index (χ0n) is 7.07. The number of nitrogens with two attached hydrogens (primary N) is 1. The van der Waals surface area contributed by atoms with Crippen LogP contribution < -0.4 is 5.73 Å². The zero-order chi connectivity index (χ0) is 9.42. The number of carbonyl (C=O) groups is 1. The molecule has 0 atom stereocenters. The maximum absolute atomic E-state index is 11.0. The van der Waals surface area contributed by atoms with Gasteiger partial charge in [-0.05, 0) is 18.2 Å². The molecule has 0 unspecified atom stereocenters. The summed E-state index contributed by atoms with van der Waals surface area (Å²) in [6.45, 7) is 1.51. The molecule has 4 heteroatoms. The Morgan fingerprint density at radius 2 is 2.31 bits per heavy atom. The van der Waals surface area contributed by atoms with Crippen molar-refractivity contribution in [2.75, 3.05) is 5.73 Å². The van der Waals surface area contributed by atoms with E-state index in [1.54, 1.807) is 6.07 Å². The average molecular weight is 192 g/mol. The van der Waals surface area contributed by atoms with E-state index in [2.05, 4.69) is 4.98 Å². The van der Waals surface area contributed by atoms with Crippen LogP contribution in [0.3, 0.4) is 0 Å². The first-order valence-corrected chi connectivity index (χ1v) is 4.65. The highest BCUT2D eigenvalue weighted by Gasteiger charge is 2.06.